The summed E-state index contributed by atoms with van der Waals surface area (Å²) in [5, 5.41) is 3.10. The highest BCUT2D eigenvalue weighted by Crippen LogP contribution is 2.22. The third kappa shape index (κ3) is 2.84. The van der Waals surface area contributed by atoms with Gasteiger partial charge in [0, 0.05) is 19.0 Å². The van der Waals surface area contributed by atoms with Crippen LogP contribution < -0.4 is 5.32 Å². The van der Waals surface area contributed by atoms with Gasteiger partial charge in [-0.1, -0.05) is 50.6 Å². The molecule has 2 amide bonds. The first-order chi connectivity index (χ1) is 8.72. The molecule has 1 aliphatic rings. The Hall–Kier alpha value is -1.51. The summed E-state index contributed by atoms with van der Waals surface area (Å²) in [6.45, 7) is 6.04. The lowest BCUT2D eigenvalue weighted by Gasteiger charge is -2.19. The Balaban J connectivity index is 1.97. The maximum Gasteiger partial charge on any atom is 0.317 e. The van der Waals surface area contributed by atoms with Crippen molar-refractivity contribution in [1.82, 2.24) is 10.2 Å². The summed E-state index contributed by atoms with van der Waals surface area (Å²) >= 11 is 0. The molecule has 3 heteroatoms. The lowest BCUT2D eigenvalue weighted by atomic mass is 9.94. The predicted molar refractivity (Wildman–Crippen MR) is 73.7 cm³/mol. The van der Waals surface area contributed by atoms with Crippen LogP contribution in [-0.2, 0) is 0 Å². The van der Waals surface area contributed by atoms with E-state index in [2.05, 4.69) is 43.4 Å². The van der Waals surface area contributed by atoms with Crippen molar-refractivity contribution in [2.75, 3.05) is 13.1 Å². The number of hydrogen-bond donors (Lipinski definition) is 1. The van der Waals surface area contributed by atoms with Crippen LogP contribution in [0.5, 0.6) is 0 Å². The number of nitrogens with zero attached hydrogens (tertiary/aromatic N) is 1. The summed E-state index contributed by atoms with van der Waals surface area (Å²) in [5.74, 6) is 0.363. The molecule has 1 fully saturated rings. The van der Waals surface area contributed by atoms with Crippen molar-refractivity contribution in [2.45, 2.75) is 38.6 Å². The largest absolute Gasteiger partial charge is 0.333 e. The third-order valence-corrected chi connectivity index (χ3v) is 3.72. The van der Waals surface area contributed by atoms with Crippen LogP contribution in [0.15, 0.2) is 30.3 Å². The zero-order valence-corrected chi connectivity index (χ0v) is 11.2. The third-order valence-electron chi connectivity index (χ3n) is 3.72. The molecular weight excluding hydrogens is 224 g/mol. The van der Waals surface area contributed by atoms with E-state index in [0.29, 0.717) is 5.92 Å². The molecule has 1 N–H and O–H groups in total. The Bertz CT molecular complexity index is 391. The van der Waals surface area contributed by atoms with E-state index in [4.69, 9.17) is 0 Å². The number of unbranched alkanes of at least 4 members (excludes halogenated alkanes) is 1. The molecule has 1 aromatic rings. The number of benzene rings is 1. The van der Waals surface area contributed by atoms with E-state index in [1.807, 2.05) is 11.0 Å². The molecular formula is C15H22N2O. The van der Waals surface area contributed by atoms with Gasteiger partial charge in [0.05, 0.1) is 6.04 Å². The molecule has 0 radical (unpaired) electrons. The topological polar surface area (TPSA) is 32.3 Å². The first-order valence-corrected chi connectivity index (χ1v) is 6.82. The molecule has 2 rings (SSSR count). The van der Waals surface area contributed by atoms with Gasteiger partial charge in [-0.3, -0.25) is 0 Å². The molecule has 1 heterocycles. The van der Waals surface area contributed by atoms with Crippen molar-refractivity contribution in [2.24, 2.45) is 0 Å². The Kier molecular flexibility index (Phi) is 4.24. The van der Waals surface area contributed by atoms with Crippen molar-refractivity contribution in [3.05, 3.63) is 35.9 Å². The molecule has 0 bridgehead atoms. The summed E-state index contributed by atoms with van der Waals surface area (Å²) in [5.41, 5.74) is 1.29. The van der Waals surface area contributed by atoms with Gasteiger partial charge < -0.3 is 10.2 Å². The van der Waals surface area contributed by atoms with Crippen molar-refractivity contribution in [1.29, 1.82) is 0 Å². The highest BCUT2D eigenvalue weighted by molar-refractivity contribution is 5.77. The van der Waals surface area contributed by atoms with Gasteiger partial charge in [-0.2, -0.15) is 0 Å². The Labute approximate surface area is 109 Å². The maximum absolute atomic E-state index is 11.8. The average molecular weight is 246 g/mol. The van der Waals surface area contributed by atoms with Crippen molar-refractivity contribution in [3.63, 3.8) is 0 Å². The summed E-state index contributed by atoms with van der Waals surface area (Å²) in [6.07, 6.45) is 2.21. The summed E-state index contributed by atoms with van der Waals surface area (Å²) in [7, 11) is 0. The molecule has 0 saturated carbocycles. The van der Waals surface area contributed by atoms with Crippen LogP contribution in [0.25, 0.3) is 0 Å². The number of hydrogen-bond acceptors (Lipinski definition) is 1. The fourth-order valence-electron chi connectivity index (χ4n) is 2.43. The van der Waals surface area contributed by atoms with Gasteiger partial charge >= 0.3 is 6.03 Å². The van der Waals surface area contributed by atoms with Gasteiger partial charge in [0.25, 0.3) is 0 Å². The van der Waals surface area contributed by atoms with Crippen LogP contribution >= 0.6 is 0 Å². The summed E-state index contributed by atoms with van der Waals surface area (Å²) in [6, 6.07) is 10.7. The Morgan fingerprint density at radius 1 is 1.39 bits per heavy atom. The van der Waals surface area contributed by atoms with E-state index in [9.17, 15) is 4.79 Å². The highest BCUT2D eigenvalue weighted by atomic mass is 16.2. The zero-order chi connectivity index (χ0) is 13.0. The summed E-state index contributed by atoms with van der Waals surface area (Å²) in [4.78, 5) is 13.8. The van der Waals surface area contributed by atoms with E-state index < -0.39 is 0 Å². The predicted octanol–water partition coefficient (Wildman–Crippen LogP) is 2.98. The smallest absolute Gasteiger partial charge is 0.317 e. The molecule has 1 saturated heterocycles. The van der Waals surface area contributed by atoms with Crippen LogP contribution in [0.4, 0.5) is 4.79 Å². The van der Waals surface area contributed by atoms with Crippen molar-refractivity contribution in [3.8, 4) is 0 Å². The van der Waals surface area contributed by atoms with Crippen LogP contribution in [0, 0.1) is 0 Å². The molecule has 0 aliphatic carbocycles. The fourth-order valence-corrected chi connectivity index (χ4v) is 2.43. The van der Waals surface area contributed by atoms with E-state index in [0.717, 1.165) is 25.9 Å². The monoisotopic (exact) mass is 246 g/mol. The average Bonchev–Trinajstić information content (AvgIpc) is 2.78. The van der Waals surface area contributed by atoms with E-state index in [1.54, 1.807) is 0 Å². The first-order valence-electron chi connectivity index (χ1n) is 6.82. The zero-order valence-electron chi connectivity index (χ0n) is 11.2. The van der Waals surface area contributed by atoms with Crippen LogP contribution in [-0.4, -0.2) is 30.1 Å². The minimum absolute atomic E-state index is 0.0937. The summed E-state index contributed by atoms with van der Waals surface area (Å²) < 4.78 is 0. The van der Waals surface area contributed by atoms with Crippen molar-refractivity contribution < 1.29 is 4.79 Å². The maximum atomic E-state index is 11.8. The number of carbonyl (C=O) groups excluding carboxylic acids is 1. The van der Waals surface area contributed by atoms with Gasteiger partial charge in [-0.25, -0.2) is 4.79 Å². The van der Waals surface area contributed by atoms with Gasteiger partial charge in [-0.05, 0) is 12.0 Å². The molecule has 3 nitrogen and oxygen atoms in total. The van der Waals surface area contributed by atoms with Crippen LogP contribution in [0.3, 0.4) is 0 Å². The molecule has 18 heavy (non-hydrogen) atoms. The fraction of sp³-hybridized carbons (Fsp3) is 0.533. The highest BCUT2D eigenvalue weighted by Gasteiger charge is 2.32. The van der Waals surface area contributed by atoms with Gasteiger partial charge in [0.2, 0.25) is 0 Å². The number of urea groups is 1. The van der Waals surface area contributed by atoms with Crippen LogP contribution in [0.2, 0.25) is 0 Å². The second kappa shape index (κ2) is 5.89. The Morgan fingerprint density at radius 2 is 2.11 bits per heavy atom. The Morgan fingerprint density at radius 3 is 2.78 bits per heavy atom. The standard InChI is InChI=1S/C15H22N2O/c1-3-4-10-17-11-14(16-15(17)18)12(2)13-8-6-5-7-9-13/h5-9,12,14H,3-4,10-11H2,1-2H3,(H,16,18)/t12-,14?/m0/s1. The molecule has 1 aliphatic heterocycles. The number of nitrogens with one attached hydrogen (secondary N) is 1. The molecule has 1 unspecified atom stereocenters. The minimum atomic E-state index is 0.0937. The van der Waals surface area contributed by atoms with Crippen LogP contribution in [0.1, 0.15) is 38.2 Å². The molecule has 0 spiro atoms. The van der Waals surface area contributed by atoms with Gasteiger partial charge in [0.1, 0.15) is 0 Å². The lowest BCUT2D eigenvalue weighted by Crippen LogP contribution is -2.31. The molecule has 98 valence electrons. The van der Waals surface area contributed by atoms with E-state index >= 15 is 0 Å². The lowest BCUT2D eigenvalue weighted by molar-refractivity contribution is 0.216. The van der Waals surface area contributed by atoms with Gasteiger partial charge in [0.15, 0.2) is 0 Å². The first kappa shape index (κ1) is 12.9. The second-order valence-corrected chi connectivity index (χ2v) is 5.05. The number of rotatable bonds is 5. The second-order valence-electron chi connectivity index (χ2n) is 5.05. The SMILES string of the molecule is CCCCN1CC([C@@H](C)c2ccccc2)NC1=O. The quantitative estimate of drug-likeness (QED) is 0.851. The van der Waals surface area contributed by atoms with E-state index in [1.165, 1.54) is 5.56 Å². The van der Waals surface area contributed by atoms with Gasteiger partial charge in [-0.15, -0.1) is 0 Å². The molecule has 0 aromatic heterocycles. The number of carbonyl (C=O) groups is 1. The van der Waals surface area contributed by atoms with E-state index in [-0.39, 0.29) is 12.1 Å². The van der Waals surface area contributed by atoms with Crippen molar-refractivity contribution >= 4 is 6.03 Å². The normalized spacial score (nSPS) is 20.9. The molecule has 2 atom stereocenters. The molecule has 1 aromatic carbocycles. The minimum Gasteiger partial charge on any atom is -0.333 e. The number of amides is 2.